The summed E-state index contributed by atoms with van der Waals surface area (Å²) in [6.45, 7) is 0. The molecule has 0 amide bonds. The number of allylic oxidation sites excluding steroid dienone is 1. The molecule has 0 saturated carbocycles. The highest BCUT2D eigenvalue weighted by Crippen LogP contribution is 2.09. The smallest absolute Gasteiger partial charge is 0.126 e. The first kappa shape index (κ1) is 11.1. The van der Waals surface area contributed by atoms with Crippen LogP contribution in [0.3, 0.4) is 0 Å². The van der Waals surface area contributed by atoms with Gasteiger partial charge < -0.3 is 4.74 Å². The molecule has 0 atom stereocenters. The topological polar surface area (TPSA) is 21.6 Å². The summed E-state index contributed by atoms with van der Waals surface area (Å²) in [4.78, 5) is 4.25. The van der Waals surface area contributed by atoms with Crippen molar-refractivity contribution in [2.75, 3.05) is 0 Å². The van der Waals surface area contributed by atoms with Crippen LogP contribution in [0.15, 0.2) is 78.0 Å². The van der Waals surface area contributed by atoms with Gasteiger partial charge in [-0.2, -0.15) is 0 Å². The van der Waals surface area contributed by atoms with Crippen molar-refractivity contribution in [3.8, 4) is 5.75 Å². The molecule has 0 aliphatic heterocycles. The van der Waals surface area contributed by atoms with E-state index in [9.17, 15) is 0 Å². The highest BCUT2D eigenvalue weighted by atomic mass is 16.5. The van der Waals surface area contributed by atoms with Crippen LogP contribution in [0.25, 0.3) is 0 Å². The van der Waals surface area contributed by atoms with E-state index in [0.29, 0.717) is 0 Å². The van der Waals surface area contributed by atoms with E-state index in [1.807, 2.05) is 60.7 Å². The molecule has 0 heterocycles. The Morgan fingerprint density at radius 3 is 2.18 bits per heavy atom. The standard InChI is InChI=1S/C15H13NO/c1-3-8-14(9-4-1)16-12-7-13-17-15-10-5-2-6-11-15/h1-13H/b13-7+,16-12?. The molecule has 0 bridgehead atoms. The van der Waals surface area contributed by atoms with E-state index < -0.39 is 0 Å². The van der Waals surface area contributed by atoms with Crippen molar-refractivity contribution in [1.29, 1.82) is 0 Å². The van der Waals surface area contributed by atoms with Crippen molar-refractivity contribution in [2.24, 2.45) is 4.99 Å². The third kappa shape index (κ3) is 3.95. The first-order valence-electron chi connectivity index (χ1n) is 5.41. The van der Waals surface area contributed by atoms with Crippen molar-refractivity contribution in [3.05, 3.63) is 73.0 Å². The fourth-order valence-corrected chi connectivity index (χ4v) is 1.30. The van der Waals surface area contributed by atoms with Crippen molar-refractivity contribution in [3.63, 3.8) is 0 Å². The van der Waals surface area contributed by atoms with Gasteiger partial charge >= 0.3 is 0 Å². The van der Waals surface area contributed by atoms with Gasteiger partial charge in [0.25, 0.3) is 0 Å². The van der Waals surface area contributed by atoms with Crippen LogP contribution in [-0.2, 0) is 0 Å². The second-order valence-corrected chi connectivity index (χ2v) is 3.37. The third-order valence-corrected chi connectivity index (χ3v) is 2.09. The lowest BCUT2D eigenvalue weighted by atomic mass is 10.3. The van der Waals surface area contributed by atoms with Crippen molar-refractivity contribution in [1.82, 2.24) is 0 Å². The fourth-order valence-electron chi connectivity index (χ4n) is 1.30. The summed E-state index contributed by atoms with van der Waals surface area (Å²) in [7, 11) is 0. The minimum atomic E-state index is 0.817. The minimum Gasteiger partial charge on any atom is -0.465 e. The molecule has 0 saturated heterocycles. The first-order valence-corrected chi connectivity index (χ1v) is 5.41. The van der Waals surface area contributed by atoms with Gasteiger partial charge in [0.05, 0.1) is 11.9 Å². The molecule has 0 unspecified atom stereocenters. The van der Waals surface area contributed by atoms with Crippen molar-refractivity contribution in [2.45, 2.75) is 0 Å². The van der Waals surface area contributed by atoms with Gasteiger partial charge in [-0.3, -0.25) is 4.99 Å². The number of aliphatic imine (C=N–C) groups is 1. The quantitative estimate of drug-likeness (QED) is 0.567. The van der Waals surface area contributed by atoms with Crippen LogP contribution in [-0.4, -0.2) is 6.21 Å². The number of nitrogens with zero attached hydrogens (tertiary/aromatic N) is 1. The molecule has 0 radical (unpaired) electrons. The Morgan fingerprint density at radius 2 is 1.47 bits per heavy atom. The predicted molar refractivity (Wildman–Crippen MR) is 70.8 cm³/mol. The Kier molecular flexibility index (Phi) is 4.12. The van der Waals surface area contributed by atoms with E-state index in [1.165, 1.54) is 0 Å². The molecule has 2 rings (SSSR count). The monoisotopic (exact) mass is 223 g/mol. The maximum Gasteiger partial charge on any atom is 0.126 e. The molecule has 2 nitrogen and oxygen atoms in total. The van der Waals surface area contributed by atoms with Crippen molar-refractivity contribution < 1.29 is 4.74 Å². The van der Waals surface area contributed by atoms with Crippen LogP contribution in [0.1, 0.15) is 0 Å². The average Bonchev–Trinajstić information content (AvgIpc) is 2.41. The summed E-state index contributed by atoms with van der Waals surface area (Å²) in [6.07, 6.45) is 5.08. The molecule has 0 spiro atoms. The van der Waals surface area contributed by atoms with Crippen molar-refractivity contribution >= 4 is 11.9 Å². The number of benzene rings is 2. The van der Waals surface area contributed by atoms with Crippen LogP contribution < -0.4 is 4.74 Å². The Bertz CT molecular complexity index is 489. The number of rotatable bonds is 4. The molecule has 0 aliphatic rings. The van der Waals surface area contributed by atoms with Gasteiger partial charge in [0.2, 0.25) is 0 Å². The molecular weight excluding hydrogens is 210 g/mol. The van der Waals surface area contributed by atoms with Gasteiger partial charge in [-0.1, -0.05) is 36.4 Å². The first-order chi connectivity index (χ1) is 8.45. The maximum atomic E-state index is 5.37. The van der Waals surface area contributed by atoms with Crippen LogP contribution in [0.5, 0.6) is 5.75 Å². The molecule has 17 heavy (non-hydrogen) atoms. The Balaban J connectivity index is 1.85. The number of hydrogen-bond acceptors (Lipinski definition) is 2. The summed E-state index contributed by atoms with van der Waals surface area (Å²) >= 11 is 0. The Hall–Kier alpha value is -2.35. The largest absolute Gasteiger partial charge is 0.465 e. The van der Waals surface area contributed by atoms with Crippen LogP contribution in [0.4, 0.5) is 5.69 Å². The third-order valence-electron chi connectivity index (χ3n) is 2.09. The zero-order chi connectivity index (χ0) is 11.8. The molecule has 0 aliphatic carbocycles. The van der Waals surface area contributed by atoms with Gasteiger partial charge in [-0.15, -0.1) is 0 Å². The summed E-state index contributed by atoms with van der Waals surface area (Å²) in [5.74, 6) is 0.817. The average molecular weight is 223 g/mol. The molecule has 2 aromatic rings. The molecule has 0 fully saturated rings. The lowest BCUT2D eigenvalue weighted by Gasteiger charge is -1.96. The van der Waals surface area contributed by atoms with E-state index in [-0.39, 0.29) is 0 Å². The van der Waals surface area contributed by atoms with Gasteiger partial charge in [0, 0.05) is 6.21 Å². The maximum absolute atomic E-state index is 5.37. The molecule has 84 valence electrons. The molecule has 2 aromatic carbocycles. The Morgan fingerprint density at radius 1 is 0.824 bits per heavy atom. The highest BCUT2D eigenvalue weighted by molar-refractivity contribution is 5.74. The summed E-state index contributed by atoms with van der Waals surface area (Å²) in [6, 6.07) is 19.4. The second-order valence-electron chi connectivity index (χ2n) is 3.37. The molecule has 0 N–H and O–H groups in total. The summed E-state index contributed by atoms with van der Waals surface area (Å²) < 4.78 is 5.37. The lowest BCUT2D eigenvalue weighted by Crippen LogP contribution is -1.80. The van der Waals surface area contributed by atoms with Crippen LogP contribution in [0.2, 0.25) is 0 Å². The van der Waals surface area contributed by atoms with Gasteiger partial charge in [0.15, 0.2) is 0 Å². The number of para-hydroxylation sites is 2. The van der Waals surface area contributed by atoms with Crippen LogP contribution >= 0.6 is 0 Å². The molecular formula is C15H13NO. The number of ether oxygens (including phenoxy) is 1. The second kappa shape index (κ2) is 6.28. The zero-order valence-corrected chi connectivity index (χ0v) is 9.36. The summed E-state index contributed by atoms with van der Waals surface area (Å²) in [5.41, 5.74) is 0.928. The van der Waals surface area contributed by atoms with E-state index >= 15 is 0 Å². The normalized spacial score (nSPS) is 11.1. The predicted octanol–water partition coefficient (Wildman–Crippen LogP) is 3.98. The Labute approximate surface area is 101 Å². The molecule has 0 aromatic heterocycles. The fraction of sp³-hybridized carbons (Fsp3) is 0. The van der Waals surface area contributed by atoms with E-state index in [1.54, 1.807) is 18.6 Å². The van der Waals surface area contributed by atoms with Gasteiger partial charge in [0.1, 0.15) is 5.75 Å². The van der Waals surface area contributed by atoms with E-state index in [0.717, 1.165) is 11.4 Å². The van der Waals surface area contributed by atoms with Gasteiger partial charge in [-0.25, -0.2) is 0 Å². The SMILES string of the molecule is C(/C=C/Oc1ccccc1)=Nc1ccccc1. The molecule has 2 heteroatoms. The minimum absolute atomic E-state index is 0.817. The zero-order valence-electron chi connectivity index (χ0n) is 9.36. The number of hydrogen-bond donors (Lipinski definition) is 0. The lowest BCUT2D eigenvalue weighted by molar-refractivity contribution is 0.482. The van der Waals surface area contributed by atoms with Gasteiger partial charge in [-0.05, 0) is 30.3 Å². The summed E-state index contributed by atoms with van der Waals surface area (Å²) in [5, 5.41) is 0. The van der Waals surface area contributed by atoms with E-state index in [4.69, 9.17) is 4.74 Å². The van der Waals surface area contributed by atoms with Crippen LogP contribution in [0, 0.1) is 0 Å². The van der Waals surface area contributed by atoms with E-state index in [2.05, 4.69) is 4.99 Å². The highest BCUT2D eigenvalue weighted by Gasteiger charge is 1.84.